The van der Waals surface area contributed by atoms with Crippen molar-refractivity contribution in [3.05, 3.63) is 79.1 Å². The van der Waals surface area contributed by atoms with Gasteiger partial charge < -0.3 is 10.1 Å². The number of halogens is 1. The maximum Gasteiger partial charge on any atom is 0.226 e. The van der Waals surface area contributed by atoms with Crippen molar-refractivity contribution in [3.8, 4) is 11.5 Å². The summed E-state index contributed by atoms with van der Waals surface area (Å²) in [5.41, 5.74) is 0.653. The van der Waals surface area contributed by atoms with E-state index in [1.54, 1.807) is 47.5 Å². The quantitative estimate of drug-likeness (QED) is 0.542. The van der Waals surface area contributed by atoms with Crippen LogP contribution in [0.2, 0.25) is 0 Å². The summed E-state index contributed by atoms with van der Waals surface area (Å²) in [5, 5.41) is 8.56. The van der Waals surface area contributed by atoms with Crippen LogP contribution < -0.4 is 10.1 Å². The van der Waals surface area contributed by atoms with Gasteiger partial charge in [0.15, 0.2) is 0 Å². The Hall–Kier alpha value is -3.74. The summed E-state index contributed by atoms with van der Waals surface area (Å²) in [4.78, 5) is 16.5. The van der Waals surface area contributed by atoms with Crippen LogP contribution >= 0.6 is 0 Å². The van der Waals surface area contributed by atoms with E-state index in [0.717, 1.165) is 10.8 Å². The largest absolute Gasteiger partial charge is 0.457 e. The van der Waals surface area contributed by atoms with Gasteiger partial charge in [-0.25, -0.2) is 4.39 Å². The van der Waals surface area contributed by atoms with Crippen LogP contribution in [0.1, 0.15) is 6.42 Å². The summed E-state index contributed by atoms with van der Waals surface area (Å²) in [6.07, 6.45) is 7.13. The second-order valence-corrected chi connectivity index (χ2v) is 6.16. The molecular formula is C21H17FN4O2. The molecule has 4 aromatic rings. The summed E-state index contributed by atoms with van der Waals surface area (Å²) in [6, 6.07) is 13.0. The van der Waals surface area contributed by atoms with Crippen molar-refractivity contribution in [2.45, 2.75) is 13.0 Å². The lowest BCUT2D eigenvalue weighted by molar-refractivity contribution is -0.116. The number of carbonyl (C=O) groups excluding carboxylic acids is 1. The van der Waals surface area contributed by atoms with E-state index in [1.807, 2.05) is 18.3 Å². The zero-order valence-electron chi connectivity index (χ0n) is 14.9. The van der Waals surface area contributed by atoms with Crippen LogP contribution in [0.4, 0.5) is 10.1 Å². The molecule has 28 heavy (non-hydrogen) atoms. The first-order chi connectivity index (χ1) is 13.7. The molecule has 0 fully saturated rings. The van der Waals surface area contributed by atoms with E-state index >= 15 is 0 Å². The van der Waals surface area contributed by atoms with E-state index in [2.05, 4.69) is 15.4 Å². The molecule has 2 heterocycles. The molecule has 2 aromatic carbocycles. The van der Waals surface area contributed by atoms with Crippen LogP contribution in [0.5, 0.6) is 11.5 Å². The molecule has 7 heteroatoms. The van der Waals surface area contributed by atoms with Crippen molar-refractivity contribution in [1.82, 2.24) is 14.8 Å². The van der Waals surface area contributed by atoms with Gasteiger partial charge in [-0.15, -0.1) is 0 Å². The number of aromatic nitrogens is 3. The molecule has 0 aliphatic heterocycles. The van der Waals surface area contributed by atoms with Gasteiger partial charge >= 0.3 is 0 Å². The number of carbonyl (C=O) groups is 1. The number of hydrogen-bond donors (Lipinski definition) is 1. The molecule has 0 unspecified atom stereocenters. The van der Waals surface area contributed by atoms with E-state index in [0.29, 0.717) is 30.2 Å². The number of anilines is 1. The Labute approximate surface area is 160 Å². The van der Waals surface area contributed by atoms with Crippen molar-refractivity contribution in [3.63, 3.8) is 0 Å². The zero-order valence-corrected chi connectivity index (χ0v) is 14.9. The monoisotopic (exact) mass is 376 g/mol. The molecule has 6 nitrogen and oxygen atoms in total. The highest BCUT2D eigenvalue weighted by Gasteiger charge is 2.11. The number of hydrogen-bond acceptors (Lipinski definition) is 4. The van der Waals surface area contributed by atoms with E-state index in [4.69, 9.17) is 4.74 Å². The van der Waals surface area contributed by atoms with Gasteiger partial charge in [-0.3, -0.25) is 14.5 Å². The minimum Gasteiger partial charge on any atom is -0.457 e. The lowest BCUT2D eigenvalue weighted by Crippen LogP contribution is -2.15. The molecule has 4 rings (SSSR count). The van der Waals surface area contributed by atoms with Crippen LogP contribution in [0.25, 0.3) is 10.8 Å². The molecule has 0 bridgehead atoms. The fourth-order valence-corrected chi connectivity index (χ4v) is 2.85. The van der Waals surface area contributed by atoms with Crippen LogP contribution in [-0.2, 0) is 11.3 Å². The minimum atomic E-state index is -0.324. The Bertz CT molecular complexity index is 1100. The third kappa shape index (κ3) is 3.98. The molecule has 1 amide bonds. The molecule has 0 aliphatic rings. The summed E-state index contributed by atoms with van der Waals surface area (Å²) >= 11 is 0. The summed E-state index contributed by atoms with van der Waals surface area (Å²) < 4.78 is 20.7. The molecule has 0 saturated heterocycles. The molecule has 0 spiro atoms. The number of fused-ring (bicyclic) bond motifs is 1. The standard InChI is InChI=1S/C21H17FN4O2/c22-15-2-4-16(5-3-15)28-20-7-6-19(18-14-23-11-8-17(18)20)25-21(27)9-13-26-12-1-10-24-26/h1-8,10-12,14H,9,13H2,(H,25,27). The number of benzene rings is 2. The highest BCUT2D eigenvalue weighted by molar-refractivity contribution is 6.03. The second-order valence-electron chi connectivity index (χ2n) is 6.16. The topological polar surface area (TPSA) is 69.0 Å². The fraction of sp³-hybridized carbons (Fsp3) is 0.0952. The number of nitrogens with one attached hydrogen (secondary N) is 1. The first-order valence-electron chi connectivity index (χ1n) is 8.76. The molecule has 0 radical (unpaired) electrons. The molecule has 1 N–H and O–H groups in total. The normalized spacial score (nSPS) is 10.8. The highest BCUT2D eigenvalue weighted by Crippen LogP contribution is 2.34. The van der Waals surface area contributed by atoms with Gasteiger partial charge in [0.2, 0.25) is 5.91 Å². The zero-order chi connectivity index (χ0) is 19.3. The average molecular weight is 376 g/mol. The van der Waals surface area contributed by atoms with Crippen LogP contribution in [0, 0.1) is 5.82 Å². The SMILES string of the molecule is O=C(CCn1cccn1)Nc1ccc(Oc2ccc(F)cc2)c2ccncc12. The summed E-state index contributed by atoms with van der Waals surface area (Å²) in [7, 11) is 0. The number of amides is 1. The van der Waals surface area contributed by atoms with Gasteiger partial charge in [0.25, 0.3) is 0 Å². The van der Waals surface area contributed by atoms with Crippen molar-refractivity contribution in [2.24, 2.45) is 0 Å². The van der Waals surface area contributed by atoms with Gasteiger partial charge in [0.05, 0.1) is 5.69 Å². The van der Waals surface area contributed by atoms with E-state index in [-0.39, 0.29) is 11.7 Å². The van der Waals surface area contributed by atoms with Crippen molar-refractivity contribution >= 4 is 22.4 Å². The van der Waals surface area contributed by atoms with E-state index in [1.165, 1.54) is 12.1 Å². The Morgan fingerprint density at radius 3 is 2.71 bits per heavy atom. The minimum absolute atomic E-state index is 0.118. The first-order valence-corrected chi connectivity index (χ1v) is 8.76. The average Bonchev–Trinajstić information content (AvgIpc) is 3.24. The van der Waals surface area contributed by atoms with E-state index < -0.39 is 0 Å². The lowest BCUT2D eigenvalue weighted by Gasteiger charge is -2.13. The van der Waals surface area contributed by atoms with Crippen molar-refractivity contribution in [2.75, 3.05) is 5.32 Å². The molecule has 140 valence electrons. The van der Waals surface area contributed by atoms with Crippen LogP contribution in [0.3, 0.4) is 0 Å². The summed E-state index contributed by atoms with van der Waals surface area (Å²) in [6.45, 7) is 0.501. The Kier molecular flexibility index (Phi) is 4.97. The molecule has 0 atom stereocenters. The molecule has 2 aromatic heterocycles. The third-order valence-corrected chi connectivity index (χ3v) is 4.22. The van der Waals surface area contributed by atoms with Gasteiger partial charge in [0.1, 0.15) is 17.3 Å². The lowest BCUT2D eigenvalue weighted by atomic mass is 10.1. The smallest absolute Gasteiger partial charge is 0.226 e. The third-order valence-electron chi connectivity index (χ3n) is 4.22. The first kappa shape index (κ1) is 17.7. The van der Waals surface area contributed by atoms with Crippen LogP contribution in [-0.4, -0.2) is 20.7 Å². The number of nitrogens with zero attached hydrogens (tertiary/aromatic N) is 3. The predicted molar refractivity (Wildman–Crippen MR) is 104 cm³/mol. The number of ether oxygens (including phenoxy) is 1. The van der Waals surface area contributed by atoms with Crippen molar-refractivity contribution in [1.29, 1.82) is 0 Å². The number of rotatable bonds is 6. The Morgan fingerprint density at radius 1 is 1.07 bits per heavy atom. The van der Waals surface area contributed by atoms with Crippen molar-refractivity contribution < 1.29 is 13.9 Å². The fourth-order valence-electron chi connectivity index (χ4n) is 2.85. The van der Waals surface area contributed by atoms with E-state index in [9.17, 15) is 9.18 Å². The Morgan fingerprint density at radius 2 is 1.93 bits per heavy atom. The second kappa shape index (κ2) is 7.87. The maximum absolute atomic E-state index is 13.1. The number of pyridine rings is 1. The van der Waals surface area contributed by atoms with Gasteiger partial charge in [0, 0.05) is 48.5 Å². The highest BCUT2D eigenvalue weighted by atomic mass is 19.1. The summed E-state index contributed by atoms with van der Waals surface area (Å²) in [5.74, 6) is 0.677. The Balaban J connectivity index is 1.55. The van der Waals surface area contributed by atoms with Gasteiger partial charge in [-0.2, -0.15) is 5.10 Å². The van der Waals surface area contributed by atoms with Crippen LogP contribution in [0.15, 0.2) is 73.3 Å². The predicted octanol–water partition coefficient (Wildman–Crippen LogP) is 4.39. The molecule has 0 aliphatic carbocycles. The maximum atomic E-state index is 13.1. The van der Waals surface area contributed by atoms with Gasteiger partial charge in [-0.1, -0.05) is 0 Å². The number of aryl methyl sites for hydroxylation is 1. The molecular weight excluding hydrogens is 359 g/mol. The van der Waals surface area contributed by atoms with Gasteiger partial charge in [-0.05, 0) is 48.5 Å². The molecule has 0 saturated carbocycles.